The molecule has 4 nitrogen and oxygen atoms in total. The largest absolute Gasteiger partial charge is 0.307 e. The lowest BCUT2D eigenvalue weighted by Gasteiger charge is -1.95. The zero-order chi connectivity index (χ0) is 9.54. The highest BCUT2D eigenvalue weighted by atomic mass is 32.1. The summed E-state index contributed by atoms with van der Waals surface area (Å²) in [4.78, 5) is 8.14. The van der Waals surface area contributed by atoms with E-state index in [4.69, 9.17) is 12.2 Å². The van der Waals surface area contributed by atoms with Gasteiger partial charge < -0.3 is 10.2 Å². The summed E-state index contributed by atoms with van der Waals surface area (Å²) in [5, 5.41) is 7.94. The van der Waals surface area contributed by atoms with Crippen LogP contribution in [0.1, 0.15) is 0 Å². The molecular formula is C9H6N4S. The molecule has 2 N–H and O–H groups in total. The molecule has 0 saturated carbocycles. The molecule has 0 fully saturated rings. The molecule has 0 unspecified atom stereocenters. The molecule has 0 spiro atoms. The summed E-state index contributed by atoms with van der Waals surface area (Å²) in [6.45, 7) is 0. The molecule has 3 rings (SSSR count). The van der Waals surface area contributed by atoms with Crippen molar-refractivity contribution in [1.29, 1.82) is 0 Å². The molecule has 5 heteroatoms. The molecule has 14 heavy (non-hydrogen) atoms. The van der Waals surface area contributed by atoms with Crippen LogP contribution in [0.5, 0.6) is 0 Å². The Kier molecular flexibility index (Phi) is 1.43. The normalized spacial score (nSPS) is 11.1. The lowest BCUT2D eigenvalue weighted by atomic mass is 10.2. The van der Waals surface area contributed by atoms with Crippen LogP contribution in [0.4, 0.5) is 0 Å². The topological polar surface area (TPSA) is 57.4 Å². The van der Waals surface area contributed by atoms with E-state index in [1.807, 2.05) is 18.3 Å². The van der Waals surface area contributed by atoms with Gasteiger partial charge in [-0.3, -0.25) is 0 Å². The van der Waals surface area contributed by atoms with Crippen LogP contribution in [0.15, 0.2) is 24.7 Å². The van der Waals surface area contributed by atoms with Crippen molar-refractivity contribution in [1.82, 2.24) is 20.2 Å². The number of hydrogen-bond donors (Lipinski definition) is 2. The van der Waals surface area contributed by atoms with Crippen molar-refractivity contribution in [3.05, 3.63) is 29.3 Å². The van der Waals surface area contributed by atoms with Crippen LogP contribution in [0.25, 0.3) is 21.8 Å². The van der Waals surface area contributed by atoms with Gasteiger partial charge in [0.2, 0.25) is 0 Å². The molecule has 0 atom stereocenters. The van der Waals surface area contributed by atoms with E-state index in [2.05, 4.69) is 20.2 Å². The second-order valence-electron chi connectivity index (χ2n) is 3.05. The summed E-state index contributed by atoms with van der Waals surface area (Å²) in [5.41, 5.74) is 1.89. The Bertz CT molecular complexity index is 667. The Hall–Kier alpha value is -1.75. The van der Waals surface area contributed by atoms with E-state index >= 15 is 0 Å². The molecule has 0 aliphatic carbocycles. The van der Waals surface area contributed by atoms with Crippen LogP contribution in [-0.4, -0.2) is 20.2 Å². The van der Waals surface area contributed by atoms with Gasteiger partial charge in [0, 0.05) is 17.0 Å². The number of aromatic nitrogens is 4. The van der Waals surface area contributed by atoms with Crippen molar-refractivity contribution in [2.75, 3.05) is 0 Å². The molecule has 0 bridgehead atoms. The monoisotopic (exact) mass is 202 g/mol. The Balaban J connectivity index is 2.63. The van der Waals surface area contributed by atoms with Gasteiger partial charge in [-0.15, -0.1) is 0 Å². The van der Waals surface area contributed by atoms with Crippen molar-refractivity contribution in [2.24, 2.45) is 0 Å². The van der Waals surface area contributed by atoms with Crippen molar-refractivity contribution in [3.63, 3.8) is 0 Å². The van der Waals surface area contributed by atoms with Gasteiger partial charge >= 0.3 is 0 Å². The van der Waals surface area contributed by atoms with Gasteiger partial charge in [0.1, 0.15) is 11.0 Å². The quantitative estimate of drug-likeness (QED) is 0.549. The third-order valence-corrected chi connectivity index (χ3v) is 2.53. The first-order valence-corrected chi connectivity index (χ1v) is 4.56. The molecule has 1 aromatic carbocycles. The summed E-state index contributed by atoms with van der Waals surface area (Å²) < 4.78 is 0.595. The molecule has 68 valence electrons. The number of hydrogen-bond acceptors (Lipinski definition) is 3. The summed E-state index contributed by atoms with van der Waals surface area (Å²) in [5.74, 6) is 0. The molecule has 0 radical (unpaired) electrons. The predicted molar refractivity (Wildman–Crippen MR) is 56.6 cm³/mol. The Morgan fingerprint density at radius 2 is 2.14 bits per heavy atom. The first kappa shape index (κ1) is 7.64. The van der Waals surface area contributed by atoms with Crippen LogP contribution >= 0.6 is 12.2 Å². The van der Waals surface area contributed by atoms with Gasteiger partial charge in [-0.2, -0.15) is 0 Å². The molecular weight excluding hydrogens is 196 g/mol. The molecule has 0 aliphatic heterocycles. The summed E-state index contributed by atoms with van der Waals surface area (Å²) in [6, 6.07) is 3.94. The first-order chi connectivity index (χ1) is 6.84. The van der Waals surface area contributed by atoms with Crippen LogP contribution in [-0.2, 0) is 0 Å². The Morgan fingerprint density at radius 1 is 1.21 bits per heavy atom. The van der Waals surface area contributed by atoms with Crippen LogP contribution in [0.3, 0.4) is 0 Å². The Morgan fingerprint density at radius 3 is 3.07 bits per heavy atom. The molecule has 2 heterocycles. The smallest absolute Gasteiger partial charge is 0.137 e. The van der Waals surface area contributed by atoms with Crippen molar-refractivity contribution >= 4 is 34.0 Å². The number of nitrogens with one attached hydrogen (secondary N) is 2. The van der Waals surface area contributed by atoms with Gasteiger partial charge in [-0.05, 0) is 12.1 Å². The summed E-state index contributed by atoms with van der Waals surface area (Å²) in [6.07, 6.45) is 3.37. The average Bonchev–Trinajstić information content (AvgIpc) is 2.62. The van der Waals surface area contributed by atoms with E-state index in [9.17, 15) is 0 Å². The number of nitrogens with zero attached hydrogens (tertiary/aromatic N) is 2. The second kappa shape index (κ2) is 2.62. The lowest BCUT2D eigenvalue weighted by molar-refractivity contribution is 1.12. The van der Waals surface area contributed by atoms with Crippen LogP contribution < -0.4 is 0 Å². The second-order valence-corrected chi connectivity index (χ2v) is 3.44. The minimum absolute atomic E-state index is 0.595. The van der Waals surface area contributed by atoms with Gasteiger partial charge in [-0.1, -0.05) is 12.2 Å². The Labute approximate surface area is 84.0 Å². The molecule has 0 amide bonds. The van der Waals surface area contributed by atoms with E-state index in [1.54, 1.807) is 0 Å². The average molecular weight is 202 g/mol. The lowest BCUT2D eigenvalue weighted by Crippen LogP contribution is -1.83. The van der Waals surface area contributed by atoms with E-state index < -0.39 is 0 Å². The number of aromatic amines is 2. The third-order valence-electron chi connectivity index (χ3n) is 2.20. The third kappa shape index (κ3) is 0.958. The van der Waals surface area contributed by atoms with Crippen molar-refractivity contribution < 1.29 is 0 Å². The SMILES string of the molecule is S=c1ncnc2cc3[nH][nH]cc3cc12. The fourth-order valence-electron chi connectivity index (χ4n) is 1.52. The molecule has 2 aromatic heterocycles. The highest BCUT2D eigenvalue weighted by molar-refractivity contribution is 7.71. The van der Waals surface area contributed by atoms with Gasteiger partial charge in [0.25, 0.3) is 0 Å². The minimum Gasteiger partial charge on any atom is -0.307 e. The van der Waals surface area contributed by atoms with E-state index in [0.29, 0.717) is 4.64 Å². The van der Waals surface area contributed by atoms with E-state index in [0.717, 1.165) is 21.8 Å². The van der Waals surface area contributed by atoms with Crippen LogP contribution in [0, 0.1) is 4.64 Å². The molecule has 0 saturated heterocycles. The number of benzene rings is 1. The zero-order valence-corrected chi connectivity index (χ0v) is 7.93. The van der Waals surface area contributed by atoms with Gasteiger partial charge in [0.15, 0.2) is 0 Å². The minimum atomic E-state index is 0.595. The van der Waals surface area contributed by atoms with Crippen LogP contribution in [0.2, 0.25) is 0 Å². The fourth-order valence-corrected chi connectivity index (χ4v) is 1.73. The zero-order valence-electron chi connectivity index (χ0n) is 7.11. The maximum atomic E-state index is 5.12. The van der Waals surface area contributed by atoms with Crippen molar-refractivity contribution in [3.8, 4) is 0 Å². The molecule has 0 aliphatic rings. The fraction of sp³-hybridized carbons (Fsp3) is 0. The van der Waals surface area contributed by atoms with Crippen molar-refractivity contribution in [2.45, 2.75) is 0 Å². The first-order valence-electron chi connectivity index (χ1n) is 4.15. The maximum absolute atomic E-state index is 5.12. The van der Waals surface area contributed by atoms with E-state index in [-0.39, 0.29) is 0 Å². The maximum Gasteiger partial charge on any atom is 0.137 e. The highest BCUT2D eigenvalue weighted by Gasteiger charge is 2.00. The standard InChI is InChI=1S/C9H6N4S/c14-9-6-1-5-3-12-13-7(5)2-8(6)10-4-11-9/h1-4,12-13H. The van der Waals surface area contributed by atoms with Gasteiger partial charge in [-0.25, -0.2) is 9.97 Å². The number of H-pyrrole nitrogens is 2. The number of rotatable bonds is 0. The predicted octanol–water partition coefficient (Wildman–Crippen LogP) is 2.17. The summed E-state index contributed by atoms with van der Waals surface area (Å²) in [7, 11) is 0. The number of fused-ring (bicyclic) bond motifs is 2. The van der Waals surface area contributed by atoms with Gasteiger partial charge in [0.05, 0.1) is 11.0 Å². The highest BCUT2D eigenvalue weighted by Crippen LogP contribution is 2.19. The van der Waals surface area contributed by atoms with E-state index in [1.165, 1.54) is 6.33 Å². The summed E-state index contributed by atoms with van der Waals surface area (Å²) >= 11 is 5.12. The molecule has 3 aromatic rings.